The van der Waals surface area contributed by atoms with Crippen molar-refractivity contribution in [1.82, 2.24) is 9.80 Å². The van der Waals surface area contributed by atoms with Crippen LogP contribution in [-0.2, 0) is 4.74 Å². The Morgan fingerprint density at radius 2 is 2.11 bits per heavy atom. The molecule has 4 nitrogen and oxygen atoms in total. The zero-order valence-electron chi connectivity index (χ0n) is 11.9. The highest BCUT2D eigenvalue weighted by Gasteiger charge is 2.35. The van der Waals surface area contributed by atoms with E-state index in [-0.39, 0.29) is 5.41 Å². The van der Waals surface area contributed by atoms with Crippen molar-refractivity contribution >= 4 is 0 Å². The van der Waals surface area contributed by atoms with Crippen molar-refractivity contribution < 1.29 is 9.84 Å². The fraction of sp³-hybridized carbons (Fsp3) is 1.00. The van der Waals surface area contributed by atoms with E-state index < -0.39 is 0 Å². The summed E-state index contributed by atoms with van der Waals surface area (Å²) in [4.78, 5) is 4.89. The van der Waals surface area contributed by atoms with Gasteiger partial charge in [0.05, 0.1) is 6.61 Å². The average molecular weight is 256 g/mol. The Labute approximate surface area is 111 Å². The molecule has 2 aliphatic rings. The van der Waals surface area contributed by atoms with Crippen LogP contribution in [0.2, 0.25) is 0 Å². The van der Waals surface area contributed by atoms with Crippen molar-refractivity contribution in [2.24, 2.45) is 5.41 Å². The smallest absolute Gasteiger partial charge is 0.0501 e. The fourth-order valence-electron chi connectivity index (χ4n) is 3.33. The van der Waals surface area contributed by atoms with Crippen LogP contribution in [0.5, 0.6) is 0 Å². The third kappa shape index (κ3) is 3.44. The summed E-state index contributed by atoms with van der Waals surface area (Å²) >= 11 is 0. The highest BCUT2D eigenvalue weighted by Crippen LogP contribution is 2.31. The number of piperidine rings is 1. The molecule has 2 rings (SSSR count). The van der Waals surface area contributed by atoms with Crippen LogP contribution in [0.1, 0.15) is 25.7 Å². The number of hydrogen-bond acceptors (Lipinski definition) is 4. The highest BCUT2D eigenvalue weighted by atomic mass is 16.5. The Balaban J connectivity index is 1.89. The molecule has 0 aromatic carbocycles. The van der Waals surface area contributed by atoms with E-state index in [9.17, 15) is 5.11 Å². The van der Waals surface area contributed by atoms with Gasteiger partial charge in [0.15, 0.2) is 0 Å². The molecule has 18 heavy (non-hydrogen) atoms. The van der Waals surface area contributed by atoms with Crippen LogP contribution in [0, 0.1) is 5.41 Å². The van der Waals surface area contributed by atoms with Crippen LogP contribution < -0.4 is 0 Å². The van der Waals surface area contributed by atoms with Crippen molar-refractivity contribution in [2.75, 3.05) is 53.6 Å². The molecule has 2 heterocycles. The van der Waals surface area contributed by atoms with Crippen molar-refractivity contribution in [2.45, 2.75) is 31.7 Å². The first-order chi connectivity index (χ1) is 8.65. The van der Waals surface area contributed by atoms with Gasteiger partial charge in [-0.05, 0) is 46.3 Å². The van der Waals surface area contributed by atoms with Crippen molar-refractivity contribution in [3.05, 3.63) is 0 Å². The van der Waals surface area contributed by atoms with Gasteiger partial charge in [0.1, 0.15) is 0 Å². The Morgan fingerprint density at radius 1 is 1.39 bits per heavy atom. The second-order valence-corrected chi connectivity index (χ2v) is 6.24. The predicted molar refractivity (Wildman–Crippen MR) is 72.7 cm³/mol. The van der Waals surface area contributed by atoms with Gasteiger partial charge in [-0.3, -0.25) is 0 Å². The molecular formula is C14H28N2O2. The number of ether oxygens (including phenoxy) is 1. The maximum atomic E-state index is 9.75. The molecule has 4 heteroatoms. The van der Waals surface area contributed by atoms with Gasteiger partial charge < -0.3 is 19.6 Å². The monoisotopic (exact) mass is 256 g/mol. The predicted octanol–water partition coefficient (Wildman–Crippen LogP) is 0.802. The maximum absolute atomic E-state index is 9.75. The maximum Gasteiger partial charge on any atom is 0.0501 e. The Kier molecular flexibility index (Phi) is 5.01. The molecule has 1 unspecified atom stereocenters. The number of hydrogen-bond donors (Lipinski definition) is 1. The quantitative estimate of drug-likeness (QED) is 0.807. The molecule has 1 atom stereocenters. The van der Waals surface area contributed by atoms with E-state index in [4.69, 9.17) is 4.74 Å². The summed E-state index contributed by atoms with van der Waals surface area (Å²) in [5.41, 5.74) is 0.0724. The number of rotatable bonds is 4. The average Bonchev–Trinajstić information content (AvgIpc) is 2.40. The van der Waals surface area contributed by atoms with E-state index in [1.807, 2.05) is 0 Å². The van der Waals surface area contributed by atoms with Crippen LogP contribution in [0.3, 0.4) is 0 Å². The molecule has 0 radical (unpaired) electrons. The van der Waals surface area contributed by atoms with E-state index in [0.29, 0.717) is 12.6 Å². The molecule has 2 fully saturated rings. The molecule has 0 aliphatic carbocycles. The van der Waals surface area contributed by atoms with Gasteiger partial charge in [-0.1, -0.05) is 0 Å². The van der Waals surface area contributed by atoms with Gasteiger partial charge in [0, 0.05) is 37.8 Å². The van der Waals surface area contributed by atoms with Crippen molar-refractivity contribution in [3.8, 4) is 0 Å². The minimum atomic E-state index is 0.0724. The first kappa shape index (κ1) is 14.3. The molecule has 0 amide bonds. The van der Waals surface area contributed by atoms with Gasteiger partial charge in [-0.2, -0.15) is 0 Å². The second kappa shape index (κ2) is 6.33. The van der Waals surface area contributed by atoms with E-state index >= 15 is 0 Å². The lowest BCUT2D eigenvalue weighted by atomic mass is 9.80. The molecule has 0 aromatic rings. The number of aliphatic hydroxyl groups is 1. The number of nitrogens with zero attached hydrogens (tertiary/aromatic N) is 2. The standard InChI is InChI=1S/C14H28N2O2/c1-15-7-3-4-13(10-15)16(2)11-14(12-17)5-8-18-9-6-14/h13,17H,3-12H2,1-2H3. The van der Waals surface area contributed by atoms with E-state index in [1.54, 1.807) is 0 Å². The minimum absolute atomic E-state index is 0.0724. The van der Waals surface area contributed by atoms with Gasteiger partial charge in [-0.25, -0.2) is 0 Å². The van der Waals surface area contributed by atoms with Gasteiger partial charge in [0.25, 0.3) is 0 Å². The van der Waals surface area contributed by atoms with Crippen molar-refractivity contribution in [3.63, 3.8) is 0 Å². The molecule has 1 N–H and O–H groups in total. The van der Waals surface area contributed by atoms with Gasteiger partial charge >= 0.3 is 0 Å². The summed E-state index contributed by atoms with van der Waals surface area (Å²) in [7, 11) is 4.42. The number of aliphatic hydroxyl groups excluding tert-OH is 1. The summed E-state index contributed by atoms with van der Waals surface area (Å²) < 4.78 is 5.43. The molecule has 0 aromatic heterocycles. The third-order valence-corrected chi connectivity index (χ3v) is 4.70. The topological polar surface area (TPSA) is 35.9 Å². The molecular weight excluding hydrogens is 228 g/mol. The SMILES string of the molecule is CN1CCCC(N(C)CC2(CO)CCOCC2)C1. The normalized spacial score (nSPS) is 29.7. The number of likely N-dealkylation sites (tertiary alicyclic amines) is 1. The summed E-state index contributed by atoms with van der Waals surface area (Å²) in [5, 5.41) is 9.75. The first-order valence-corrected chi connectivity index (χ1v) is 7.23. The lowest BCUT2D eigenvalue weighted by Gasteiger charge is -2.43. The molecule has 106 valence electrons. The minimum Gasteiger partial charge on any atom is -0.396 e. The third-order valence-electron chi connectivity index (χ3n) is 4.70. The highest BCUT2D eigenvalue weighted by molar-refractivity contribution is 4.87. The summed E-state index contributed by atoms with van der Waals surface area (Å²) in [6, 6.07) is 0.648. The first-order valence-electron chi connectivity index (χ1n) is 7.23. The Bertz CT molecular complexity index is 254. The summed E-state index contributed by atoms with van der Waals surface area (Å²) in [6.45, 7) is 5.30. The van der Waals surface area contributed by atoms with Crippen LogP contribution in [-0.4, -0.2) is 74.5 Å². The summed E-state index contributed by atoms with van der Waals surface area (Å²) in [5.74, 6) is 0. The lowest BCUT2D eigenvalue weighted by Crippen LogP contribution is -2.50. The largest absolute Gasteiger partial charge is 0.396 e. The van der Waals surface area contributed by atoms with E-state index in [1.165, 1.54) is 19.4 Å². The fourth-order valence-corrected chi connectivity index (χ4v) is 3.33. The molecule has 0 spiro atoms. The van der Waals surface area contributed by atoms with Crippen LogP contribution >= 0.6 is 0 Å². The van der Waals surface area contributed by atoms with Crippen LogP contribution in [0.4, 0.5) is 0 Å². The Hall–Kier alpha value is -0.160. The molecule has 2 aliphatic heterocycles. The zero-order valence-corrected chi connectivity index (χ0v) is 11.9. The number of likely N-dealkylation sites (N-methyl/N-ethyl adjacent to an activating group) is 2. The second-order valence-electron chi connectivity index (χ2n) is 6.24. The zero-order chi connectivity index (χ0) is 13.0. The van der Waals surface area contributed by atoms with Gasteiger partial charge in [0.2, 0.25) is 0 Å². The lowest BCUT2D eigenvalue weighted by molar-refractivity contribution is -0.0401. The van der Waals surface area contributed by atoms with Crippen LogP contribution in [0.15, 0.2) is 0 Å². The summed E-state index contributed by atoms with van der Waals surface area (Å²) in [6.07, 6.45) is 4.58. The molecule has 0 bridgehead atoms. The Morgan fingerprint density at radius 3 is 2.72 bits per heavy atom. The van der Waals surface area contributed by atoms with Gasteiger partial charge in [-0.15, -0.1) is 0 Å². The van der Waals surface area contributed by atoms with Crippen LogP contribution in [0.25, 0.3) is 0 Å². The van der Waals surface area contributed by atoms with Crippen molar-refractivity contribution in [1.29, 1.82) is 0 Å². The molecule has 0 saturated carbocycles. The van der Waals surface area contributed by atoms with E-state index in [0.717, 1.165) is 39.1 Å². The molecule has 2 saturated heterocycles. The van der Waals surface area contributed by atoms with E-state index in [2.05, 4.69) is 23.9 Å².